The van der Waals surface area contributed by atoms with Crippen LogP contribution < -0.4 is 0 Å². The van der Waals surface area contributed by atoms with Crippen molar-refractivity contribution in [1.29, 1.82) is 0 Å². The normalized spacial score (nSPS) is 16.8. The molecule has 0 atom stereocenters. The second-order valence-corrected chi connectivity index (χ2v) is 6.46. The molecule has 4 nitrogen and oxygen atoms in total. The fourth-order valence-electron chi connectivity index (χ4n) is 1.58. The second-order valence-electron chi connectivity index (χ2n) is 3.89. The molecule has 1 aromatic carbocycles. The molecule has 3 rings (SSSR count). The van der Waals surface area contributed by atoms with Crippen LogP contribution in [0.15, 0.2) is 27.5 Å². The molecule has 1 heterocycles. The molecule has 0 spiro atoms. The van der Waals surface area contributed by atoms with E-state index in [9.17, 15) is 8.42 Å². The van der Waals surface area contributed by atoms with Gasteiger partial charge >= 0.3 is 0 Å². The van der Waals surface area contributed by atoms with Crippen LogP contribution in [0.25, 0.3) is 11.1 Å². The second kappa shape index (κ2) is 3.21. The Morgan fingerprint density at radius 2 is 2.12 bits per heavy atom. The van der Waals surface area contributed by atoms with Crippen molar-refractivity contribution in [3.63, 3.8) is 0 Å². The van der Waals surface area contributed by atoms with Gasteiger partial charge in [-0.15, -0.1) is 0 Å². The first-order valence-electron chi connectivity index (χ1n) is 4.89. The van der Waals surface area contributed by atoms with Crippen molar-refractivity contribution in [3.8, 4) is 0 Å². The van der Waals surface area contributed by atoms with Crippen molar-refractivity contribution in [2.45, 2.75) is 23.7 Å². The van der Waals surface area contributed by atoms with Crippen LogP contribution in [0.3, 0.4) is 0 Å². The Bertz CT molecular complexity index is 658. The lowest BCUT2D eigenvalue weighted by molar-refractivity contribution is 0.532. The highest BCUT2D eigenvalue weighted by atomic mass is 35.7. The Labute approximate surface area is 96.6 Å². The number of rotatable bonds is 2. The number of hydrogen-bond acceptors (Lipinski definition) is 4. The van der Waals surface area contributed by atoms with E-state index in [1.54, 1.807) is 6.07 Å². The number of aromatic nitrogens is 1. The summed E-state index contributed by atoms with van der Waals surface area (Å²) in [4.78, 5) is 4.34. The molecule has 0 radical (unpaired) electrons. The van der Waals surface area contributed by atoms with E-state index in [1.165, 1.54) is 12.1 Å². The van der Waals surface area contributed by atoms with E-state index in [0.717, 1.165) is 12.8 Å². The average molecular weight is 258 g/mol. The van der Waals surface area contributed by atoms with Gasteiger partial charge in [-0.25, -0.2) is 13.4 Å². The zero-order chi connectivity index (χ0) is 11.3. The quantitative estimate of drug-likeness (QED) is 0.776. The topological polar surface area (TPSA) is 60.2 Å². The Hall–Kier alpha value is -1.07. The first-order valence-corrected chi connectivity index (χ1v) is 7.20. The van der Waals surface area contributed by atoms with E-state index in [4.69, 9.17) is 15.1 Å². The minimum Gasteiger partial charge on any atom is -0.440 e. The summed E-state index contributed by atoms with van der Waals surface area (Å²) in [7, 11) is 1.55. The SMILES string of the molecule is O=S(=O)(Cl)c1ccc2nc(C3CC3)oc2c1. The Morgan fingerprint density at radius 1 is 1.38 bits per heavy atom. The van der Waals surface area contributed by atoms with Crippen LogP contribution in [0.2, 0.25) is 0 Å². The summed E-state index contributed by atoms with van der Waals surface area (Å²) in [5.41, 5.74) is 1.15. The Morgan fingerprint density at radius 3 is 2.75 bits per heavy atom. The van der Waals surface area contributed by atoms with Crippen LogP contribution in [-0.4, -0.2) is 13.4 Å². The lowest BCUT2D eigenvalue weighted by Gasteiger charge is -1.93. The van der Waals surface area contributed by atoms with Gasteiger partial charge in [-0.1, -0.05) is 0 Å². The van der Waals surface area contributed by atoms with Gasteiger partial charge in [-0.3, -0.25) is 0 Å². The molecule has 0 N–H and O–H groups in total. The van der Waals surface area contributed by atoms with Gasteiger partial charge in [0.25, 0.3) is 9.05 Å². The fourth-order valence-corrected chi connectivity index (χ4v) is 2.35. The molecule has 84 valence electrons. The maximum absolute atomic E-state index is 11.1. The van der Waals surface area contributed by atoms with Gasteiger partial charge in [0.15, 0.2) is 11.5 Å². The predicted molar refractivity (Wildman–Crippen MR) is 59.0 cm³/mol. The van der Waals surface area contributed by atoms with Crippen molar-refractivity contribution in [2.24, 2.45) is 0 Å². The van der Waals surface area contributed by atoms with Gasteiger partial charge in [-0.05, 0) is 25.0 Å². The third kappa shape index (κ3) is 1.70. The number of hydrogen-bond donors (Lipinski definition) is 0. The number of halogens is 1. The van der Waals surface area contributed by atoms with Crippen LogP contribution >= 0.6 is 10.7 Å². The van der Waals surface area contributed by atoms with E-state index in [0.29, 0.717) is 22.9 Å². The van der Waals surface area contributed by atoms with Crippen molar-refractivity contribution < 1.29 is 12.8 Å². The number of nitrogens with zero attached hydrogens (tertiary/aromatic N) is 1. The highest BCUT2D eigenvalue weighted by Gasteiger charge is 2.29. The van der Waals surface area contributed by atoms with Gasteiger partial charge < -0.3 is 4.42 Å². The minimum atomic E-state index is -3.71. The van der Waals surface area contributed by atoms with Crippen molar-refractivity contribution >= 4 is 30.8 Å². The molecule has 1 aliphatic rings. The lowest BCUT2D eigenvalue weighted by Crippen LogP contribution is -1.88. The van der Waals surface area contributed by atoms with E-state index in [1.807, 2.05) is 0 Å². The average Bonchev–Trinajstić information content (AvgIpc) is 2.96. The number of oxazole rings is 1. The lowest BCUT2D eigenvalue weighted by atomic mass is 10.3. The fraction of sp³-hybridized carbons (Fsp3) is 0.300. The van der Waals surface area contributed by atoms with Crippen molar-refractivity contribution in [2.75, 3.05) is 0 Å². The Kier molecular flexibility index (Phi) is 2.03. The Balaban J connectivity index is 2.17. The first kappa shape index (κ1) is 10.1. The molecule has 2 aromatic rings. The van der Waals surface area contributed by atoms with Crippen molar-refractivity contribution in [3.05, 3.63) is 24.1 Å². The molecule has 1 aromatic heterocycles. The van der Waals surface area contributed by atoms with Crippen LogP contribution in [0, 0.1) is 0 Å². The molecule has 1 aliphatic carbocycles. The molecule has 1 fully saturated rings. The zero-order valence-electron chi connectivity index (χ0n) is 8.18. The molecule has 16 heavy (non-hydrogen) atoms. The van der Waals surface area contributed by atoms with Gasteiger partial charge in [0.1, 0.15) is 5.52 Å². The maximum Gasteiger partial charge on any atom is 0.261 e. The highest BCUT2D eigenvalue weighted by Crippen LogP contribution is 2.40. The van der Waals surface area contributed by atoms with Gasteiger partial charge in [0.2, 0.25) is 0 Å². The van der Waals surface area contributed by atoms with Crippen LogP contribution in [0.5, 0.6) is 0 Å². The van der Waals surface area contributed by atoms with Crippen LogP contribution in [0.4, 0.5) is 0 Å². The van der Waals surface area contributed by atoms with Crippen molar-refractivity contribution in [1.82, 2.24) is 4.98 Å². The minimum absolute atomic E-state index is 0.0418. The summed E-state index contributed by atoms with van der Waals surface area (Å²) in [5, 5.41) is 0. The standard InChI is InChI=1S/C10H8ClNO3S/c11-16(13,14)7-3-4-8-9(5-7)15-10(12-8)6-1-2-6/h3-6H,1-2H2. The smallest absolute Gasteiger partial charge is 0.261 e. The third-order valence-corrected chi connectivity index (χ3v) is 3.94. The molecule has 0 aliphatic heterocycles. The number of fused-ring (bicyclic) bond motifs is 1. The monoisotopic (exact) mass is 257 g/mol. The summed E-state index contributed by atoms with van der Waals surface area (Å²) >= 11 is 0. The van der Waals surface area contributed by atoms with E-state index in [-0.39, 0.29) is 4.90 Å². The van der Waals surface area contributed by atoms with Gasteiger partial charge in [0.05, 0.1) is 4.90 Å². The molecule has 0 unspecified atom stereocenters. The molecule has 6 heteroatoms. The van der Waals surface area contributed by atoms with Crippen LogP contribution in [0.1, 0.15) is 24.7 Å². The first-order chi connectivity index (χ1) is 7.54. The van der Waals surface area contributed by atoms with Gasteiger partial charge in [0, 0.05) is 22.7 Å². The van der Waals surface area contributed by atoms with Gasteiger partial charge in [-0.2, -0.15) is 0 Å². The van der Waals surface area contributed by atoms with Crippen LogP contribution in [-0.2, 0) is 9.05 Å². The summed E-state index contributed by atoms with van der Waals surface area (Å²) < 4.78 is 27.8. The maximum atomic E-state index is 11.1. The summed E-state index contributed by atoms with van der Waals surface area (Å²) in [6, 6.07) is 4.46. The molecule has 1 saturated carbocycles. The molecule has 0 amide bonds. The number of benzene rings is 1. The molecular weight excluding hydrogens is 250 g/mol. The summed E-state index contributed by atoms with van der Waals surface area (Å²) in [6.07, 6.45) is 2.18. The molecule has 0 saturated heterocycles. The third-order valence-electron chi connectivity index (χ3n) is 2.58. The summed E-state index contributed by atoms with van der Waals surface area (Å²) in [6.45, 7) is 0. The zero-order valence-corrected chi connectivity index (χ0v) is 9.75. The van der Waals surface area contributed by atoms with E-state index in [2.05, 4.69) is 4.98 Å². The highest BCUT2D eigenvalue weighted by molar-refractivity contribution is 8.13. The predicted octanol–water partition coefficient (Wildman–Crippen LogP) is 2.63. The summed E-state index contributed by atoms with van der Waals surface area (Å²) in [5.74, 6) is 1.10. The largest absolute Gasteiger partial charge is 0.440 e. The van der Waals surface area contributed by atoms with E-state index >= 15 is 0 Å². The van der Waals surface area contributed by atoms with E-state index < -0.39 is 9.05 Å². The molecular formula is C10H8ClNO3S. The molecule has 0 bridgehead atoms.